The van der Waals surface area contributed by atoms with Crippen LogP contribution >= 0.6 is 11.8 Å². The second-order valence-corrected chi connectivity index (χ2v) is 4.50. The van der Waals surface area contributed by atoms with Crippen LogP contribution in [0, 0.1) is 6.92 Å². The fourth-order valence-electron chi connectivity index (χ4n) is 1.36. The van der Waals surface area contributed by atoms with Crippen molar-refractivity contribution in [1.82, 2.24) is 9.97 Å². The molecule has 0 radical (unpaired) electrons. The van der Waals surface area contributed by atoms with E-state index in [9.17, 15) is 4.79 Å². The van der Waals surface area contributed by atoms with E-state index in [1.807, 2.05) is 0 Å². The summed E-state index contributed by atoms with van der Waals surface area (Å²) in [6, 6.07) is 1.51. The largest absolute Gasteiger partial charge is 0.475 e. The van der Waals surface area contributed by atoms with E-state index in [4.69, 9.17) is 15.3 Å². The summed E-state index contributed by atoms with van der Waals surface area (Å²) in [5.41, 5.74) is 6.47. The molecule has 0 saturated carbocycles. The standard InChI is InChI=1S/C11H11N3O3S/c1-6-7(4-8(17-6)11(15)16)5-18-10-9(12)13-2-3-14-10/h2-4H,5H2,1H3,(H2,12,13)(H,15,16). The molecule has 0 aromatic carbocycles. The van der Waals surface area contributed by atoms with E-state index in [2.05, 4.69) is 9.97 Å². The molecule has 0 bridgehead atoms. The number of anilines is 1. The first-order valence-corrected chi connectivity index (χ1v) is 6.08. The molecule has 18 heavy (non-hydrogen) atoms. The maximum Gasteiger partial charge on any atom is 0.371 e. The number of rotatable bonds is 4. The number of furan rings is 1. The van der Waals surface area contributed by atoms with Crippen LogP contribution in [-0.2, 0) is 5.75 Å². The van der Waals surface area contributed by atoms with Crippen molar-refractivity contribution in [2.45, 2.75) is 17.7 Å². The van der Waals surface area contributed by atoms with Crippen molar-refractivity contribution in [2.75, 3.05) is 5.73 Å². The molecule has 2 aromatic heterocycles. The Balaban J connectivity index is 2.11. The van der Waals surface area contributed by atoms with Crippen LogP contribution in [0.5, 0.6) is 0 Å². The number of aromatic carboxylic acids is 1. The summed E-state index contributed by atoms with van der Waals surface area (Å²) < 4.78 is 5.11. The van der Waals surface area contributed by atoms with Gasteiger partial charge in [-0.05, 0) is 13.0 Å². The fraction of sp³-hybridized carbons (Fsp3) is 0.182. The third kappa shape index (κ3) is 2.62. The zero-order valence-corrected chi connectivity index (χ0v) is 10.4. The molecule has 2 aromatic rings. The van der Waals surface area contributed by atoms with Gasteiger partial charge in [-0.1, -0.05) is 11.8 Å². The number of thioether (sulfide) groups is 1. The van der Waals surface area contributed by atoms with Crippen molar-refractivity contribution >= 4 is 23.5 Å². The van der Waals surface area contributed by atoms with E-state index in [0.29, 0.717) is 22.4 Å². The number of nitrogen functional groups attached to an aromatic ring is 1. The number of carboxylic acids is 1. The summed E-state index contributed by atoms with van der Waals surface area (Å²) >= 11 is 1.39. The highest BCUT2D eigenvalue weighted by atomic mass is 32.2. The molecule has 3 N–H and O–H groups in total. The summed E-state index contributed by atoms with van der Waals surface area (Å²) in [5, 5.41) is 9.43. The lowest BCUT2D eigenvalue weighted by Crippen LogP contribution is -1.95. The smallest absolute Gasteiger partial charge is 0.371 e. The molecule has 0 aliphatic heterocycles. The Hall–Kier alpha value is -2.02. The number of aryl methyl sites for hydroxylation is 1. The third-order valence-corrected chi connectivity index (χ3v) is 3.33. The van der Waals surface area contributed by atoms with E-state index in [-0.39, 0.29) is 5.76 Å². The van der Waals surface area contributed by atoms with Crippen molar-refractivity contribution < 1.29 is 14.3 Å². The van der Waals surface area contributed by atoms with Crippen LogP contribution in [-0.4, -0.2) is 21.0 Å². The highest BCUT2D eigenvalue weighted by molar-refractivity contribution is 7.98. The summed E-state index contributed by atoms with van der Waals surface area (Å²) in [5.74, 6) is 0.346. The number of nitrogens with two attached hydrogens (primary N) is 1. The molecule has 2 rings (SSSR count). The Morgan fingerprint density at radius 2 is 2.22 bits per heavy atom. The molecular weight excluding hydrogens is 254 g/mol. The molecule has 94 valence electrons. The van der Waals surface area contributed by atoms with Crippen molar-refractivity contribution in [3.63, 3.8) is 0 Å². The minimum Gasteiger partial charge on any atom is -0.475 e. The van der Waals surface area contributed by atoms with Crippen LogP contribution < -0.4 is 5.73 Å². The minimum atomic E-state index is -1.08. The first-order chi connectivity index (χ1) is 8.58. The number of nitrogens with zero attached hydrogens (tertiary/aromatic N) is 2. The lowest BCUT2D eigenvalue weighted by molar-refractivity contribution is 0.0661. The van der Waals surface area contributed by atoms with Gasteiger partial charge in [-0.15, -0.1) is 0 Å². The molecule has 7 heteroatoms. The average molecular weight is 265 g/mol. The van der Waals surface area contributed by atoms with Crippen LogP contribution in [0.15, 0.2) is 27.9 Å². The summed E-state index contributed by atoms with van der Waals surface area (Å²) in [6.45, 7) is 1.72. The third-order valence-electron chi connectivity index (χ3n) is 2.29. The molecule has 0 fully saturated rings. The maximum atomic E-state index is 10.8. The van der Waals surface area contributed by atoms with Crippen molar-refractivity contribution in [3.8, 4) is 0 Å². The van der Waals surface area contributed by atoms with E-state index >= 15 is 0 Å². The van der Waals surface area contributed by atoms with E-state index in [1.54, 1.807) is 13.1 Å². The number of carbonyl (C=O) groups is 1. The van der Waals surface area contributed by atoms with Gasteiger partial charge in [-0.25, -0.2) is 14.8 Å². The van der Waals surface area contributed by atoms with E-state index < -0.39 is 5.97 Å². The van der Waals surface area contributed by atoms with Crippen molar-refractivity contribution in [1.29, 1.82) is 0 Å². The Bertz CT molecular complexity index is 583. The van der Waals surface area contributed by atoms with Gasteiger partial charge in [0.25, 0.3) is 0 Å². The van der Waals surface area contributed by atoms with Crippen LogP contribution in [0.25, 0.3) is 0 Å². The predicted octanol–water partition coefficient (Wildman–Crippen LogP) is 1.95. The first-order valence-electron chi connectivity index (χ1n) is 5.10. The van der Waals surface area contributed by atoms with Crippen LogP contribution in [0.2, 0.25) is 0 Å². The topological polar surface area (TPSA) is 102 Å². The van der Waals surface area contributed by atoms with Crippen molar-refractivity contribution in [2.24, 2.45) is 0 Å². The Morgan fingerprint density at radius 1 is 1.50 bits per heavy atom. The van der Waals surface area contributed by atoms with E-state index in [1.165, 1.54) is 24.0 Å². The van der Waals surface area contributed by atoms with Crippen LogP contribution in [0.3, 0.4) is 0 Å². The highest BCUT2D eigenvalue weighted by Gasteiger charge is 2.13. The number of aromatic nitrogens is 2. The zero-order valence-electron chi connectivity index (χ0n) is 9.58. The summed E-state index contributed by atoms with van der Waals surface area (Å²) in [6.07, 6.45) is 3.08. The molecule has 0 unspecified atom stereocenters. The van der Waals surface area contributed by atoms with Gasteiger partial charge in [0, 0.05) is 23.7 Å². The predicted molar refractivity (Wildman–Crippen MR) is 66.4 cm³/mol. The molecule has 0 aliphatic rings. The Kier molecular flexibility index (Phi) is 3.52. The number of hydrogen-bond acceptors (Lipinski definition) is 6. The fourth-order valence-corrected chi connectivity index (χ4v) is 2.28. The van der Waals surface area contributed by atoms with Gasteiger partial charge in [-0.3, -0.25) is 0 Å². The lowest BCUT2D eigenvalue weighted by atomic mass is 10.3. The molecule has 0 spiro atoms. The normalized spacial score (nSPS) is 10.5. The summed E-state index contributed by atoms with van der Waals surface area (Å²) in [7, 11) is 0. The second kappa shape index (κ2) is 5.09. The van der Waals surface area contributed by atoms with Crippen LogP contribution in [0.4, 0.5) is 5.82 Å². The second-order valence-electron chi connectivity index (χ2n) is 3.53. The zero-order chi connectivity index (χ0) is 13.1. The molecular formula is C11H11N3O3S. The molecule has 0 amide bonds. The minimum absolute atomic E-state index is 0.0600. The molecule has 2 heterocycles. The van der Waals surface area contributed by atoms with E-state index in [0.717, 1.165) is 5.56 Å². The highest BCUT2D eigenvalue weighted by Crippen LogP contribution is 2.27. The molecule has 0 atom stereocenters. The number of carboxylic acid groups (broad SMARTS) is 1. The van der Waals surface area contributed by atoms with Gasteiger partial charge < -0.3 is 15.3 Å². The SMILES string of the molecule is Cc1oc(C(=O)O)cc1CSc1nccnc1N. The van der Waals surface area contributed by atoms with Gasteiger partial charge in [0.1, 0.15) is 10.8 Å². The number of hydrogen-bond donors (Lipinski definition) is 2. The Morgan fingerprint density at radius 3 is 2.83 bits per heavy atom. The molecule has 0 aliphatic carbocycles. The molecule has 0 saturated heterocycles. The van der Waals surface area contributed by atoms with Gasteiger partial charge in [0.15, 0.2) is 5.82 Å². The van der Waals surface area contributed by atoms with Gasteiger partial charge in [0.2, 0.25) is 5.76 Å². The van der Waals surface area contributed by atoms with Gasteiger partial charge in [0.05, 0.1) is 0 Å². The monoisotopic (exact) mass is 265 g/mol. The van der Waals surface area contributed by atoms with Crippen molar-refractivity contribution in [3.05, 3.63) is 35.5 Å². The lowest BCUT2D eigenvalue weighted by Gasteiger charge is -2.01. The van der Waals surface area contributed by atoms with Crippen LogP contribution in [0.1, 0.15) is 21.9 Å². The average Bonchev–Trinajstić information content (AvgIpc) is 2.70. The van der Waals surface area contributed by atoms with Gasteiger partial charge in [-0.2, -0.15) is 0 Å². The maximum absolute atomic E-state index is 10.8. The van der Waals surface area contributed by atoms with Gasteiger partial charge >= 0.3 is 5.97 Å². The first kappa shape index (κ1) is 12.4. The summed E-state index contributed by atoms with van der Waals surface area (Å²) in [4.78, 5) is 18.8. The Labute approximate surface area is 107 Å². The molecule has 6 nitrogen and oxygen atoms in total. The quantitative estimate of drug-likeness (QED) is 0.814.